The summed E-state index contributed by atoms with van der Waals surface area (Å²) in [4.78, 5) is 27.2. The van der Waals surface area contributed by atoms with Gasteiger partial charge >= 0.3 is 5.97 Å². The highest BCUT2D eigenvalue weighted by molar-refractivity contribution is 5.93. The van der Waals surface area contributed by atoms with Gasteiger partial charge in [0.15, 0.2) is 0 Å². The molecule has 138 valence electrons. The quantitative estimate of drug-likeness (QED) is 0.787. The Morgan fingerprint density at radius 3 is 2.76 bits per heavy atom. The van der Waals surface area contributed by atoms with Crippen LogP contribution in [0, 0.1) is 0 Å². The third-order valence-electron chi connectivity index (χ3n) is 4.94. The second kappa shape index (κ2) is 8.49. The summed E-state index contributed by atoms with van der Waals surface area (Å²) in [6.45, 7) is 5.43. The van der Waals surface area contributed by atoms with Crippen LogP contribution in [0.3, 0.4) is 0 Å². The molecule has 0 aliphatic carbocycles. The first-order valence-corrected chi connectivity index (χ1v) is 9.11. The highest BCUT2D eigenvalue weighted by Crippen LogP contribution is 2.23. The summed E-state index contributed by atoms with van der Waals surface area (Å²) in [6.07, 6.45) is 4.34. The van der Waals surface area contributed by atoms with Crippen LogP contribution in [0.1, 0.15) is 35.3 Å². The number of likely N-dealkylation sites (tertiary alicyclic amines) is 1. The molecule has 0 amide bonds. The van der Waals surface area contributed by atoms with E-state index in [-0.39, 0.29) is 5.56 Å². The summed E-state index contributed by atoms with van der Waals surface area (Å²) < 4.78 is 12.5. The van der Waals surface area contributed by atoms with Crippen LogP contribution in [0.5, 0.6) is 5.75 Å². The number of aromatic nitrogens is 1. The fourth-order valence-electron chi connectivity index (χ4n) is 3.60. The molecular weight excluding hydrogens is 322 g/mol. The van der Waals surface area contributed by atoms with Gasteiger partial charge in [0.2, 0.25) is 0 Å². The lowest BCUT2D eigenvalue weighted by Gasteiger charge is -2.26. The smallest absolute Gasteiger partial charge is 0.343 e. The first-order chi connectivity index (χ1) is 12.2. The molecule has 3 rings (SSSR count). The second-order valence-corrected chi connectivity index (χ2v) is 6.56. The van der Waals surface area contributed by atoms with Crippen LogP contribution in [0.25, 0.3) is 0 Å². The number of pyridine rings is 1. The minimum Gasteiger partial charge on any atom is -0.491 e. The van der Waals surface area contributed by atoms with Gasteiger partial charge in [-0.1, -0.05) is 6.42 Å². The normalized spacial score (nSPS) is 18.3. The van der Waals surface area contributed by atoms with Crippen LogP contribution >= 0.6 is 0 Å². The molecule has 0 atom stereocenters. The van der Waals surface area contributed by atoms with E-state index < -0.39 is 5.97 Å². The molecule has 7 nitrogen and oxygen atoms in total. The second-order valence-electron chi connectivity index (χ2n) is 6.56. The van der Waals surface area contributed by atoms with Gasteiger partial charge in [-0.05, 0) is 25.9 Å². The number of nitrogens with one attached hydrogen (secondary N) is 1. The topological polar surface area (TPSA) is 72.8 Å². The van der Waals surface area contributed by atoms with Gasteiger partial charge in [0, 0.05) is 44.4 Å². The maximum atomic E-state index is 12.5. The maximum Gasteiger partial charge on any atom is 0.343 e. The Balaban J connectivity index is 1.81. The van der Waals surface area contributed by atoms with Crippen molar-refractivity contribution >= 4 is 5.97 Å². The Morgan fingerprint density at radius 2 is 2.00 bits per heavy atom. The van der Waals surface area contributed by atoms with Crippen LogP contribution in [0.15, 0.2) is 10.9 Å². The van der Waals surface area contributed by atoms with Crippen LogP contribution < -0.4 is 15.6 Å². The molecule has 0 spiro atoms. The number of carbonyl (C=O) groups excluding carboxylic acids is 1. The van der Waals surface area contributed by atoms with Crippen LogP contribution in [-0.2, 0) is 17.7 Å². The standard InChI is InChI=1S/C18H27N3O4/c1-24-18(23)17-14-5-6-19-7-10-21(14)16(22)13-15(17)25-12-11-20-8-3-2-4-9-20/h13,19H,2-12H2,1H3. The Morgan fingerprint density at radius 1 is 1.20 bits per heavy atom. The van der Waals surface area contributed by atoms with E-state index in [1.807, 2.05) is 0 Å². The summed E-state index contributed by atoms with van der Waals surface area (Å²) in [5.41, 5.74) is 0.973. The molecule has 1 aromatic heterocycles. The SMILES string of the molecule is COC(=O)c1c(OCCN2CCCCC2)cc(=O)n2c1CCNCC2. The van der Waals surface area contributed by atoms with Gasteiger partial charge in [-0.3, -0.25) is 9.69 Å². The Bertz CT molecular complexity index is 665. The number of hydrogen-bond donors (Lipinski definition) is 1. The summed E-state index contributed by atoms with van der Waals surface area (Å²) >= 11 is 0. The van der Waals surface area contributed by atoms with Crippen molar-refractivity contribution < 1.29 is 14.3 Å². The number of piperidine rings is 1. The summed E-state index contributed by atoms with van der Waals surface area (Å²) in [5.74, 6) is -0.0966. The van der Waals surface area contributed by atoms with Crippen molar-refractivity contribution in [3.05, 3.63) is 27.7 Å². The predicted molar refractivity (Wildman–Crippen MR) is 94.4 cm³/mol. The van der Waals surface area contributed by atoms with Crippen molar-refractivity contribution in [2.24, 2.45) is 0 Å². The van der Waals surface area contributed by atoms with E-state index in [9.17, 15) is 9.59 Å². The average molecular weight is 349 g/mol. The van der Waals surface area contributed by atoms with Crippen molar-refractivity contribution in [1.82, 2.24) is 14.8 Å². The van der Waals surface area contributed by atoms with Crippen molar-refractivity contribution in [1.29, 1.82) is 0 Å². The molecule has 1 aromatic rings. The lowest BCUT2D eigenvalue weighted by atomic mass is 10.1. The predicted octanol–water partition coefficient (Wildman–Crippen LogP) is 0.645. The zero-order chi connectivity index (χ0) is 17.6. The van der Waals surface area contributed by atoms with Crippen molar-refractivity contribution in [3.63, 3.8) is 0 Å². The van der Waals surface area contributed by atoms with E-state index in [0.29, 0.717) is 43.1 Å². The van der Waals surface area contributed by atoms with Gasteiger partial charge in [-0.15, -0.1) is 0 Å². The molecule has 0 aromatic carbocycles. The summed E-state index contributed by atoms with van der Waals surface area (Å²) in [7, 11) is 1.36. The van der Waals surface area contributed by atoms with Crippen LogP contribution in [0.2, 0.25) is 0 Å². The highest BCUT2D eigenvalue weighted by Gasteiger charge is 2.24. The van der Waals surface area contributed by atoms with Gasteiger partial charge in [-0.25, -0.2) is 4.79 Å². The number of rotatable bonds is 5. The molecule has 0 bridgehead atoms. The molecule has 0 saturated carbocycles. The average Bonchev–Trinajstić information content (AvgIpc) is 2.89. The van der Waals surface area contributed by atoms with E-state index in [0.717, 1.165) is 26.2 Å². The fourth-order valence-corrected chi connectivity index (χ4v) is 3.60. The molecule has 2 aliphatic heterocycles. The summed E-state index contributed by atoms with van der Waals surface area (Å²) in [6, 6.07) is 1.43. The first-order valence-electron chi connectivity index (χ1n) is 9.11. The number of esters is 1. The number of ether oxygens (including phenoxy) is 2. The third kappa shape index (κ3) is 4.22. The molecule has 0 unspecified atom stereocenters. The van der Waals surface area contributed by atoms with E-state index in [1.165, 1.54) is 32.4 Å². The molecule has 3 heterocycles. The molecule has 2 aliphatic rings. The van der Waals surface area contributed by atoms with Gasteiger partial charge in [-0.2, -0.15) is 0 Å². The van der Waals surface area contributed by atoms with E-state index in [1.54, 1.807) is 4.57 Å². The van der Waals surface area contributed by atoms with Crippen LogP contribution in [0.4, 0.5) is 0 Å². The zero-order valence-electron chi connectivity index (χ0n) is 14.9. The van der Waals surface area contributed by atoms with E-state index in [2.05, 4.69) is 10.2 Å². The minimum absolute atomic E-state index is 0.126. The Kier molecular flexibility index (Phi) is 6.09. The van der Waals surface area contributed by atoms with Crippen molar-refractivity contribution in [2.45, 2.75) is 32.2 Å². The summed E-state index contributed by atoms with van der Waals surface area (Å²) in [5, 5.41) is 3.25. The largest absolute Gasteiger partial charge is 0.491 e. The number of methoxy groups -OCH3 is 1. The number of nitrogens with zero attached hydrogens (tertiary/aromatic N) is 2. The van der Waals surface area contributed by atoms with Crippen LogP contribution in [-0.4, -0.2) is 61.9 Å². The van der Waals surface area contributed by atoms with Gasteiger partial charge in [0.05, 0.1) is 7.11 Å². The number of hydrogen-bond acceptors (Lipinski definition) is 6. The minimum atomic E-state index is -0.446. The molecule has 1 fully saturated rings. The fraction of sp³-hybridized carbons (Fsp3) is 0.667. The number of carbonyl (C=O) groups is 1. The molecule has 1 saturated heterocycles. The first kappa shape index (κ1) is 17.9. The van der Waals surface area contributed by atoms with Crippen molar-refractivity contribution in [2.75, 3.05) is 46.4 Å². The third-order valence-corrected chi connectivity index (χ3v) is 4.94. The molecular formula is C18H27N3O4. The van der Waals surface area contributed by atoms with E-state index >= 15 is 0 Å². The molecule has 0 radical (unpaired) electrons. The Labute approximate surface area is 147 Å². The van der Waals surface area contributed by atoms with Crippen molar-refractivity contribution in [3.8, 4) is 5.75 Å². The monoisotopic (exact) mass is 349 g/mol. The maximum absolute atomic E-state index is 12.5. The zero-order valence-corrected chi connectivity index (χ0v) is 14.9. The Hall–Kier alpha value is -1.86. The van der Waals surface area contributed by atoms with E-state index in [4.69, 9.17) is 9.47 Å². The van der Waals surface area contributed by atoms with Gasteiger partial charge in [0.25, 0.3) is 5.56 Å². The van der Waals surface area contributed by atoms with Gasteiger partial charge < -0.3 is 19.4 Å². The lowest BCUT2D eigenvalue weighted by molar-refractivity contribution is 0.0592. The molecule has 1 N–H and O–H groups in total. The number of fused-ring (bicyclic) bond motifs is 1. The van der Waals surface area contributed by atoms with Gasteiger partial charge in [0.1, 0.15) is 17.9 Å². The lowest BCUT2D eigenvalue weighted by Crippen LogP contribution is -2.34. The molecule has 25 heavy (non-hydrogen) atoms. The highest BCUT2D eigenvalue weighted by atomic mass is 16.5. The molecule has 7 heteroatoms.